The molecule has 0 saturated heterocycles. The van der Waals surface area contributed by atoms with Crippen molar-refractivity contribution >= 4 is 11.7 Å². The summed E-state index contributed by atoms with van der Waals surface area (Å²) in [5, 5.41) is 3.52. The Balaban J connectivity index is 2.27. The minimum Gasteiger partial charge on any atom is -0.305 e. The standard InChI is InChI=1S/C13H17N3S/c1-3-7-14-13(12-9-15-17-16-12)11-6-4-5-10(2)8-11/h4-6,8-9,13-14H,3,7H2,1-2H3. The van der Waals surface area contributed by atoms with Crippen LogP contribution in [0.2, 0.25) is 0 Å². The van der Waals surface area contributed by atoms with E-state index in [9.17, 15) is 0 Å². The number of aryl methyl sites for hydroxylation is 1. The molecule has 1 unspecified atom stereocenters. The van der Waals surface area contributed by atoms with Gasteiger partial charge >= 0.3 is 0 Å². The molecule has 17 heavy (non-hydrogen) atoms. The average molecular weight is 247 g/mol. The number of nitrogens with one attached hydrogen (secondary N) is 1. The van der Waals surface area contributed by atoms with E-state index in [4.69, 9.17) is 0 Å². The third-order valence-corrected chi connectivity index (χ3v) is 3.14. The fourth-order valence-electron chi connectivity index (χ4n) is 1.83. The lowest BCUT2D eigenvalue weighted by atomic mass is 10.0. The van der Waals surface area contributed by atoms with Crippen molar-refractivity contribution in [2.45, 2.75) is 26.3 Å². The van der Waals surface area contributed by atoms with Crippen LogP contribution in [0.1, 0.15) is 36.2 Å². The Kier molecular flexibility index (Phi) is 4.23. The number of rotatable bonds is 5. The Morgan fingerprint density at radius 3 is 2.94 bits per heavy atom. The first-order chi connectivity index (χ1) is 8.31. The summed E-state index contributed by atoms with van der Waals surface area (Å²) in [6.45, 7) is 5.26. The average Bonchev–Trinajstić information content (AvgIpc) is 2.83. The van der Waals surface area contributed by atoms with Crippen LogP contribution in [0.3, 0.4) is 0 Å². The normalized spacial score (nSPS) is 12.6. The molecule has 0 bridgehead atoms. The van der Waals surface area contributed by atoms with Crippen LogP contribution in [0.5, 0.6) is 0 Å². The Hall–Kier alpha value is -1.26. The minimum atomic E-state index is 0.161. The van der Waals surface area contributed by atoms with Crippen LogP contribution in [0.4, 0.5) is 0 Å². The zero-order chi connectivity index (χ0) is 12.1. The van der Waals surface area contributed by atoms with Gasteiger partial charge in [-0.15, -0.1) is 0 Å². The van der Waals surface area contributed by atoms with Gasteiger partial charge in [-0.1, -0.05) is 36.8 Å². The lowest BCUT2D eigenvalue weighted by molar-refractivity contribution is 0.589. The molecule has 1 aromatic heterocycles. The number of benzene rings is 1. The topological polar surface area (TPSA) is 37.8 Å². The van der Waals surface area contributed by atoms with Gasteiger partial charge in [-0.25, -0.2) is 0 Å². The number of hydrogen-bond donors (Lipinski definition) is 1. The first-order valence-corrected chi connectivity index (χ1v) is 6.61. The number of nitrogens with zero attached hydrogens (tertiary/aromatic N) is 2. The van der Waals surface area contributed by atoms with Crippen LogP contribution in [-0.2, 0) is 0 Å². The SMILES string of the molecule is CCCNC(c1cccc(C)c1)c1cnsn1. The van der Waals surface area contributed by atoms with Gasteiger partial charge in [0.1, 0.15) is 0 Å². The molecule has 3 nitrogen and oxygen atoms in total. The van der Waals surface area contributed by atoms with Gasteiger partial charge in [-0.3, -0.25) is 0 Å². The highest BCUT2D eigenvalue weighted by Gasteiger charge is 2.15. The zero-order valence-electron chi connectivity index (χ0n) is 10.2. The molecular formula is C13H17N3S. The van der Waals surface area contributed by atoms with Gasteiger partial charge in [0.2, 0.25) is 0 Å². The van der Waals surface area contributed by atoms with Gasteiger partial charge in [0, 0.05) is 0 Å². The Labute approximate surface area is 106 Å². The molecule has 0 spiro atoms. The van der Waals surface area contributed by atoms with Crippen LogP contribution in [-0.4, -0.2) is 15.3 Å². The van der Waals surface area contributed by atoms with E-state index in [-0.39, 0.29) is 6.04 Å². The van der Waals surface area contributed by atoms with Gasteiger partial charge < -0.3 is 5.32 Å². The fourth-order valence-corrected chi connectivity index (χ4v) is 2.28. The summed E-state index contributed by atoms with van der Waals surface area (Å²) < 4.78 is 8.43. The second-order valence-corrected chi connectivity index (χ2v) is 4.69. The van der Waals surface area contributed by atoms with Gasteiger partial charge in [-0.05, 0) is 25.5 Å². The molecule has 0 fully saturated rings. The van der Waals surface area contributed by atoms with Crippen molar-refractivity contribution in [1.82, 2.24) is 14.1 Å². The van der Waals surface area contributed by atoms with E-state index in [1.807, 2.05) is 6.20 Å². The summed E-state index contributed by atoms with van der Waals surface area (Å²) in [7, 11) is 0. The van der Waals surface area contributed by atoms with E-state index in [0.717, 1.165) is 18.7 Å². The molecule has 0 aliphatic rings. The molecule has 1 heterocycles. The van der Waals surface area contributed by atoms with E-state index in [2.05, 4.69) is 52.2 Å². The largest absolute Gasteiger partial charge is 0.305 e. The van der Waals surface area contributed by atoms with Gasteiger partial charge in [0.05, 0.1) is 29.7 Å². The maximum absolute atomic E-state index is 4.34. The zero-order valence-corrected chi connectivity index (χ0v) is 11.0. The van der Waals surface area contributed by atoms with Crippen LogP contribution >= 0.6 is 11.7 Å². The monoisotopic (exact) mass is 247 g/mol. The third-order valence-electron chi connectivity index (χ3n) is 2.65. The molecule has 0 saturated carbocycles. The third kappa shape index (κ3) is 3.11. The van der Waals surface area contributed by atoms with Crippen molar-refractivity contribution in [2.24, 2.45) is 0 Å². The maximum atomic E-state index is 4.34. The number of aromatic nitrogens is 2. The van der Waals surface area contributed by atoms with E-state index in [1.165, 1.54) is 22.9 Å². The summed E-state index contributed by atoms with van der Waals surface area (Å²) in [4.78, 5) is 0. The smallest absolute Gasteiger partial charge is 0.0957 e. The highest BCUT2D eigenvalue weighted by molar-refractivity contribution is 6.99. The van der Waals surface area contributed by atoms with Crippen molar-refractivity contribution in [1.29, 1.82) is 0 Å². The highest BCUT2D eigenvalue weighted by Crippen LogP contribution is 2.21. The second kappa shape index (κ2) is 5.89. The Morgan fingerprint density at radius 1 is 1.41 bits per heavy atom. The van der Waals surface area contributed by atoms with Crippen molar-refractivity contribution in [3.63, 3.8) is 0 Å². The van der Waals surface area contributed by atoms with Gasteiger partial charge in [0.25, 0.3) is 0 Å². The van der Waals surface area contributed by atoms with E-state index in [0.29, 0.717) is 0 Å². The van der Waals surface area contributed by atoms with Crippen LogP contribution in [0.25, 0.3) is 0 Å². The summed E-state index contributed by atoms with van der Waals surface area (Å²) in [5.41, 5.74) is 3.54. The van der Waals surface area contributed by atoms with Crippen LogP contribution in [0, 0.1) is 6.92 Å². The van der Waals surface area contributed by atoms with Gasteiger partial charge in [0.15, 0.2) is 0 Å². The molecule has 0 radical (unpaired) electrons. The molecule has 2 aromatic rings. The Morgan fingerprint density at radius 2 is 2.29 bits per heavy atom. The van der Waals surface area contributed by atoms with E-state index in [1.54, 1.807) is 0 Å². The van der Waals surface area contributed by atoms with Crippen LogP contribution < -0.4 is 5.32 Å². The van der Waals surface area contributed by atoms with Gasteiger partial charge in [-0.2, -0.15) is 8.75 Å². The molecule has 0 aliphatic carbocycles. The molecule has 1 N–H and O–H groups in total. The van der Waals surface area contributed by atoms with Crippen LogP contribution in [0.15, 0.2) is 30.5 Å². The van der Waals surface area contributed by atoms with Crippen molar-refractivity contribution < 1.29 is 0 Å². The molecule has 2 rings (SSSR count). The van der Waals surface area contributed by atoms with E-state index >= 15 is 0 Å². The molecule has 90 valence electrons. The first kappa shape index (κ1) is 12.2. The Bertz CT molecular complexity index is 453. The fraction of sp³-hybridized carbons (Fsp3) is 0.385. The summed E-state index contributed by atoms with van der Waals surface area (Å²) >= 11 is 1.26. The first-order valence-electron chi connectivity index (χ1n) is 5.88. The highest BCUT2D eigenvalue weighted by atomic mass is 32.1. The van der Waals surface area contributed by atoms with Crippen molar-refractivity contribution in [3.05, 3.63) is 47.3 Å². The lowest BCUT2D eigenvalue weighted by Crippen LogP contribution is -2.23. The molecule has 1 atom stereocenters. The van der Waals surface area contributed by atoms with Crippen molar-refractivity contribution in [3.8, 4) is 0 Å². The maximum Gasteiger partial charge on any atom is 0.0957 e. The van der Waals surface area contributed by atoms with Crippen molar-refractivity contribution in [2.75, 3.05) is 6.54 Å². The molecule has 0 amide bonds. The quantitative estimate of drug-likeness (QED) is 0.882. The molecule has 4 heteroatoms. The lowest BCUT2D eigenvalue weighted by Gasteiger charge is -2.16. The molecule has 1 aromatic carbocycles. The summed E-state index contributed by atoms with van der Waals surface area (Å²) in [5.74, 6) is 0. The second-order valence-electron chi connectivity index (χ2n) is 4.13. The van der Waals surface area contributed by atoms with E-state index < -0.39 is 0 Å². The molecule has 0 aliphatic heterocycles. The minimum absolute atomic E-state index is 0.161. The summed E-state index contributed by atoms with van der Waals surface area (Å²) in [6, 6.07) is 8.70. The number of hydrogen-bond acceptors (Lipinski definition) is 4. The summed E-state index contributed by atoms with van der Waals surface area (Å²) in [6.07, 6.45) is 2.96. The predicted molar refractivity (Wildman–Crippen MR) is 71.2 cm³/mol. The molecular weight excluding hydrogens is 230 g/mol. The predicted octanol–water partition coefficient (Wildman–Crippen LogP) is 2.94.